The topological polar surface area (TPSA) is 60.2 Å². The van der Waals surface area contributed by atoms with Crippen molar-refractivity contribution in [3.63, 3.8) is 0 Å². The van der Waals surface area contributed by atoms with Crippen LogP contribution in [0.2, 0.25) is 0 Å². The second kappa shape index (κ2) is 5.92. The molecule has 6 nitrogen and oxygen atoms in total. The Bertz CT molecular complexity index is 743. The lowest BCUT2D eigenvalue weighted by Crippen LogP contribution is -2.41. The lowest BCUT2D eigenvalue weighted by atomic mass is 9.96. The minimum atomic E-state index is 0.0537. The van der Waals surface area contributed by atoms with Gasteiger partial charge in [0.2, 0.25) is 0 Å². The van der Waals surface area contributed by atoms with Crippen molar-refractivity contribution in [3.8, 4) is 5.75 Å². The molecule has 3 atom stereocenters. The number of aromatic nitrogens is 3. The number of carbonyl (C=O) groups excluding carboxylic acids is 1. The van der Waals surface area contributed by atoms with Gasteiger partial charge in [-0.1, -0.05) is 19.1 Å². The van der Waals surface area contributed by atoms with Crippen molar-refractivity contribution in [3.05, 3.63) is 42.0 Å². The van der Waals surface area contributed by atoms with Crippen LogP contribution in [0.15, 0.2) is 30.9 Å². The van der Waals surface area contributed by atoms with E-state index in [1.165, 1.54) is 0 Å². The number of carbonyl (C=O) groups is 1. The largest absolute Gasteiger partial charge is 0.489 e. The minimum absolute atomic E-state index is 0.0537. The summed E-state index contributed by atoms with van der Waals surface area (Å²) in [5.41, 5.74) is 1.82. The zero-order valence-electron chi connectivity index (χ0n) is 14.1. The average Bonchev–Trinajstić information content (AvgIpc) is 3.24. The van der Waals surface area contributed by atoms with Crippen LogP contribution in [0.5, 0.6) is 5.75 Å². The lowest BCUT2D eigenvalue weighted by Gasteiger charge is -2.33. The molecule has 1 aromatic heterocycles. The molecule has 1 aromatic carbocycles. The van der Waals surface area contributed by atoms with Crippen LogP contribution in [0, 0.1) is 0 Å². The zero-order chi connectivity index (χ0) is 16.7. The van der Waals surface area contributed by atoms with E-state index in [-0.39, 0.29) is 18.1 Å². The number of likely N-dealkylation sites (tertiary alicyclic amines) is 1. The number of hydrogen-bond donors (Lipinski definition) is 0. The molecule has 6 heteroatoms. The fraction of sp³-hybridized carbons (Fsp3) is 0.500. The molecule has 0 radical (unpaired) electrons. The van der Waals surface area contributed by atoms with Crippen molar-refractivity contribution < 1.29 is 9.53 Å². The zero-order valence-corrected chi connectivity index (χ0v) is 14.1. The molecule has 0 spiro atoms. The molecule has 0 bridgehead atoms. The summed E-state index contributed by atoms with van der Waals surface area (Å²) < 4.78 is 7.84. The van der Waals surface area contributed by atoms with Crippen LogP contribution in [0.25, 0.3) is 0 Å². The van der Waals surface area contributed by atoms with Gasteiger partial charge in [-0.25, -0.2) is 9.67 Å². The number of hydrogen-bond acceptors (Lipinski definition) is 4. The highest BCUT2D eigenvalue weighted by Gasteiger charge is 2.33. The van der Waals surface area contributed by atoms with Crippen molar-refractivity contribution in [2.24, 2.45) is 0 Å². The fourth-order valence-corrected chi connectivity index (χ4v) is 3.69. The molecule has 2 aliphatic heterocycles. The first-order valence-electron chi connectivity index (χ1n) is 8.58. The smallest absolute Gasteiger partial charge is 0.257 e. The van der Waals surface area contributed by atoms with Gasteiger partial charge in [-0.15, -0.1) is 0 Å². The number of nitrogens with zero attached hydrogens (tertiary/aromatic N) is 4. The molecule has 3 heterocycles. The summed E-state index contributed by atoms with van der Waals surface area (Å²) in [6.07, 6.45) is 5.37. The third-order valence-electron chi connectivity index (χ3n) is 5.27. The van der Waals surface area contributed by atoms with E-state index in [0.717, 1.165) is 30.7 Å². The van der Waals surface area contributed by atoms with E-state index in [4.69, 9.17) is 4.74 Å². The van der Waals surface area contributed by atoms with Crippen LogP contribution < -0.4 is 4.74 Å². The summed E-state index contributed by atoms with van der Waals surface area (Å²) in [4.78, 5) is 19.0. The van der Waals surface area contributed by atoms with Crippen LogP contribution >= 0.6 is 0 Å². The summed E-state index contributed by atoms with van der Waals surface area (Å²) in [5.74, 6) is 1.14. The van der Waals surface area contributed by atoms with Gasteiger partial charge in [-0.05, 0) is 25.8 Å². The van der Waals surface area contributed by atoms with Gasteiger partial charge in [0, 0.05) is 24.6 Å². The van der Waals surface area contributed by atoms with Gasteiger partial charge in [-0.3, -0.25) is 4.79 Å². The molecule has 1 fully saturated rings. The van der Waals surface area contributed by atoms with Crippen molar-refractivity contribution in [2.45, 2.75) is 44.8 Å². The molecule has 24 heavy (non-hydrogen) atoms. The van der Waals surface area contributed by atoms with Crippen molar-refractivity contribution >= 4 is 5.91 Å². The second-order valence-electron chi connectivity index (χ2n) is 6.76. The molecule has 0 saturated carbocycles. The molecule has 1 saturated heterocycles. The Kier molecular flexibility index (Phi) is 3.75. The van der Waals surface area contributed by atoms with Gasteiger partial charge >= 0.3 is 0 Å². The molecule has 0 aliphatic carbocycles. The third kappa shape index (κ3) is 2.46. The van der Waals surface area contributed by atoms with Gasteiger partial charge in [0.1, 0.15) is 24.5 Å². The molecule has 126 valence electrons. The normalized spacial score (nSPS) is 26.1. The highest BCUT2D eigenvalue weighted by Crippen LogP contribution is 2.40. The summed E-state index contributed by atoms with van der Waals surface area (Å²) in [5, 5.41) is 4.23. The summed E-state index contributed by atoms with van der Waals surface area (Å²) in [6.45, 7) is 5.64. The Morgan fingerprint density at radius 2 is 2.21 bits per heavy atom. The van der Waals surface area contributed by atoms with Crippen LogP contribution in [-0.4, -0.2) is 44.8 Å². The van der Waals surface area contributed by atoms with E-state index in [2.05, 4.69) is 30.0 Å². The standard InChI is InChI=1S/C18H22N4O2/c1-12-13(2)24-17-15(12)6-3-7-16(17)18(23)21-8-4-5-14(9-21)22-11-19-10-20-22/h3,6-7,10-14H,4-5,8-9H2,1-2H3/t12-,13+,14+/m1/s1. The minimum Gasteiger partial charge on any atom is -0.489 e. The first-order chi connectivity index (χ1) is 11.6. The van der Waals surface area contributed by atoms with Gasteiger partial charge in [0.15, 0.2) is 0 Å². The molecule has 0 unspecified atom stereocenters. The molecule has 2 aromatic rings. The van der Waals surface area contributed by atoms with Crippen molar-refractivity contribution in [2.75, 3.05) is 13.1 Å². The summed E-state index contributed by atoms with van der Waals surface area (Å²) >= 11 is 0. The highest BCUT2D eigenvalue weighted by molar-refractivity contribution is 5.97. The maximum atomic E-state index is 13.1. The summed E-state index contributed by atoms with van der Waals surface area (Å²) in [7, 11) is 0. The van der Waals surface area contributed by atoms with Crippen molar-refractivity contribution in [1.82, 2.24) is 19.7 Å². The first-order valence-corrected chi connectivity index (χ1v) is 8.58. The number of ether oxygens (including phenoxy) is 1. The number of benzene rings is 1. The van der Waals surface area contributed by atoms with E-state index in [9.17, 15) is 4.79 Å². The Balaban J connectivity index is 1.59. The van der Waals surface area contributed by atoms with E-state index >= 15 is 0 Å². The number of piperidine rings is 1. The van der Waals surface area contributed by atoms with Gasteiger partial charge in [0.05, 0.1) is 11.6 Å². The number of para-hydroxylation sites is 1. The molecule has 0 N–H and O–H groups in total. The third-order valence-corrected chi connectivity index (χ3v) is 5.27. The number of rotatable bonds is 2. The monoisotopic (exact) mass is 326 g/mol. The fourth-order valence-electron chi connectivity index (χ4n) is 3.69. The van der Waals surface area contributed by atoms with Crippen LogP contribution in [0.1, 0.15) is 54.6 Å². The molecular formula is C18H22N4O2. The Labute approximate surface area is 141 Å². The lowest BCUT2D eigenvalue weighted by molar-refractivity contribution is 0.0667. The molecular weight excluding hydrogens is 304 g/mol. The highest BCUT2D eigenvalue weighted by atomic mass is 16.5. The SMILES string of the molecule is C[C@@H]1Oc2c(C(=O)N3CCC[C@H](n4cncn4)C3)cccc2[C@@H]1C. The van der Waals surface area contributed by atoms with E-state index in [0.29, 0.717) is 18.0 Å². The van der Waals surface area contributed by atoms with Crippen molar-refractivity contribution in [1.29, 1.82) is 0 Å². The second-order valence-corrected chi connectivity index (χ2v) is 6.76. The number of fused-ring (bicyclic) bond motifs is 1. The Hall–Kier alpha value is -2.37. The maximum Gasteiger partial charge on any atom is 0.257 e. The predicted molar refractivity (Wildman–Crippen MR) is 89.1 cm³/mol. The van der Waals surface area contributed by atoms with E-state index < -0.39 is 0 Å². The van der Waals surface area contributed by atoms with Crippen LogP contribution in [0.4, 0.5) is 0 Å². The molecule has 4 rings (SSSR count). The first kappa shape index (κ1) is 15.2. The Morgan fingerprint density at radius 3 is 3.00 bits per heavy atom. The summed E-state index contributed by atoms with van der Waals surface area (Å²) in [6, 6.07) is 6.10. The average molecular weight is 326 g/mol. The van der Waals surface area contributed by atoms with Crippen LogP contribution in [0.3, 0.4) is 0 Å². The Morgan fingerprint density at radius 1 is 1.33 bits per heavy atom. The predicted octanol–water partition coefficient (Wildman–Crippen LogP) is 2.64. The van der Waals surface area contributed by atoms with Crippen LogP contribution in [-0.2, 0) is 0 Å². The molecule has 1 amide bonds. The van der Waals surface area contributed by atoms with E-state index in [1.54, 1.807) is 12.7 Å². The quantitative estimate of drug-likeness (QED) is 0.851. The number of amides is 1. The van der Waals surface area contributed by atoms with Gasteiger partial charge < -0.3 is 9.64 Å². The maximum absolute atomic E-state index is 13.1. The van der Waals surface area contributed by atoms with E-state index in [1.807, 2.05) is 21.7 Å². The van der Waals surface area contributed by atoms with Gasteiger partial charge in [0.25, 0.3) is 5.91 Å². The van der Waals surface area contributed by atoms with Gasteiger partial charge in [-0.2, -0.15) is 5.10 Å². The molecule has 2 aliphatic rings.